The van der Waals surface area contributed by atoms with Crippen LogP contribution in [0.25, 0.3) is 0 Å². The molecule has 0 aliphatic rings. The molecule has 0 spiro atoms. The number of hydrogen-bond donors (Lipinski definition) is 3. The van der Waals surface area contributed by atoms with Gasteiger partial charge in [0, 0.05) is 30.3 Å². The molecule has 4 N–H and O–H groups in total. The molecule has 0 unspecified atom stereocenters. The number of rotatable bonds is 7. The average molecular weight is 454 g/mol. The summed E-state index contributed by atoms with van der Waals surface area (Å²) in [6.07, 6.45) is 4.68. The van der Waals surface area contributed by atoms with Gasteiger partial charge in [-0.05, 0) is 42.8 Å². The SMILES string of the molecule is Cc1nccn1Cc1ccc(Nc2nc(Nc3cccc(S(N)(=O)=O)c3)ncc2F)cc1. The molecular weight excluding hydrogens is 433 g/mol. The molecule has 0 amide bonds. The van der Waals surface area contributed by atoms with Crippen molar-refractivity contribution >= 4 is 33.2 Å². The number of primary sulfonamides is 1. The van der Waals surface area contributed by atoms with Crippen molar-refractivity contribution in [2.75, 3.05) is 10.6 Å². The molecule has 9 nitrogen and oxygen atoms in total. The number of nitrogens with one attached hydrogen (secondary N) is 2. The van der Waals surface area contributed by atoms with Crippen LogP contribution in [-0.4, -0.2) is 27.9 Å². The van der Waals surface area contributed by atoms with Crippen LogP contribution in [0.2, 0.25) is 0 Å². The van der Waals surface area contributed by atoms with E-state index >= 15 is 0 Å². The Balaban J connectivity index is 1.49. The maximum atomic E-state index is 14.3. The number of anilines is 4. The molecule has 0 saturated heterocycles. The zero-order chi connectivity index (χ0) is 22.7. The summed E-state index contributed by atoms with van der Waals surface area (Å²) in [7, 11) is -3.85. The van der Waals surface area contributed by atoms with Gasteiger partial charge in [0.25, 0.3) is 0 Å². The van der Waals surface area contributed by atoms with Crippen molar-refractivity contribution in [2.45, 2.75) is 18.4 Å². The van der Waals surface area contributed by atoms with E-state index in [4.69, 9.17) is 5.14 Å². The largest absolute Gasteiger partial charge is 0.338 e. The molecule has 0 aliphatic heterocycles. The number of sulfonamides is 1. The Hall–Kier alpha value is -3.83. The molecule has 164 valence electrons. The molecule has 0 bridgehead atoms. The molecular formula is C21H20FN7O2S. The first-order valence-corrected chi connectivity index (χ1v) is 11.1. The average Bonchev–Trinajstić information content (AvgIpc) is 3.16. The summed E-state index contributed by atoms with van der Waals surface area (Å²) in [5.74, 6) is 0.354. The van der Waals surface area contributed by atoms with Crippen molar-refractivity contribution in [3.05, 3.63) is 84.3 Å². The van der Waals surface area contributed by atoms with Gasteiger partial charge in [0.15, 0.2) is 11.6 Å². The number of benzene rings is 2. The molecule has 11 heteroatoms. The van der Waals surface area contributed by atoms with Gasteiger partial charge in [0.2, 0.25) is 16.0 Å². The Morgan fingerprint density at radius 3 is 2.53 bits per heavy atom. The molecule has 32 heavy (non-hydrogen) atoms. The second kappa shape index (κ2) is 8.73. The van der Waals surface area contributed by atoms with Gasteiger partial charge in [-0.2, -0.15) is 4.98 Å². The Labute approximate surface area is 184 Å². The molecule has 0 radical (unpaired) electrons. The van der Waals surface area contributed by atoms with E-state index < -0.39 is 15.8 Å². The summed E-state index contributed by atoms with van der Waals surface area (Å²) in [5.41, 5.74) is 2.11. The fourth-order valence-electron chi connectivity index (χ4n) is 2.99. The van der Waals surface area contributed by atoms with Crippen LogP contribution in [0.1, 0.15) is 11.4 Å². The van der Waals surface area contributed by atoms with Gasteiger partial charge in [-0.25, -0.2) is 27.9 Å². The van der Waals surface area contributed by atoms with E-state index in [1.54, 1.807) is 12.3 Å². The van der Waals surface area contributed by atoms with Gasteiger partial charge in [-0.3, -0.25) is 0 Å². The molecule has 0 saturated carbocycles. The van der Waals surface area contributed by atoms with E-state index in [-0.39, 0.29) is 16.7 Å². The van der Waals surface area contributed by atoms with Crippen LogP contribution in [0, 0.1) is 12.7 Å². The first-order valence-electron chi connectivity index (χ1n) is 9.54. The third-order valence-electron chi connectivity index (χ3n) is 4.66. The lowest BCUT2D eigenvalue weighted by Crippen LogP contribution is -2.12. The normalized spacial score (nSPS) is 11.3. The molecule has 2 aromatic carbocycles. The molecule has 0 atom stereocenters. The van der Waals surface area contributed by atoms with Gasteiger partial charge < -0.3 is 15.2 Å². The van der Waals surface area contributed by atoms with Crippen molar-refractivity contribution in [1.29, 1.82) is 0 Å². The topological polar surface area (TPSA) is 128 Å². The standard InChI is InChI=1S/C21H20FN7O2S/c1-14-24-9-10-29(14)13-15-5-7-16(8-6-15)26-20-19(22)12-25-21(28-20)27-17-3-2-4-18(11-17)32(23,30)31/h2-12H,13H2,1H3,(H2,23,30,31)(H2,25,26,27,28). The second-order valence-electron chi connectivity index (χ2n) is 7.01. The van der Waals surface area contributed by atoms with Crippen LogP contribution < -0.4 is 15.8 Å². The van der Waals surface area contributed by atoms with Crippen molar-refractivity contribution < 1.29 is 12.8 Å². The molecule has 2 aromatic heterocycles. The molecule has 2 heterocycles. The highest BCUT2D eigenvalue weighted by molar-refractivity contribution is 7.89. The highest BCUT2D eigenvalue weighted by atomic mass is 32.2. The number of nitrogens with two attached hydrogens (primary N) is 1. The van der Waals surface area contributed by atoms with Gasteiger partial charge in [0.05, 0.1) is 11.1 Å². The van der Waals surface area contributed by atoms with Crippen molar-refractivity contribution in [2.24, 2.45) is 5.14 Å². The lowest BCUT2D eigenvalue weighted by atomic mass is 10.2. The fourth-order valence-corrected chi connectivity index (χ4v) is 3.55. The van der Waals surface area contributed by atoms with Gasteiger partial charge in [0.1, 0.15) is 5.82 Å². The van der Waals surface area contributed by atoms with E-state index in [1.807, 2.05) is 42.0 Å². The predicted octanol–water partition coefficient (Wildman–Crippen LogP) is 3.30. The minimum Gasteiger partial charge on any atom is -0.338 e. The van der Waals surface area contributed by atoms with Crippen LogP contribution in [-0.2, 0) is 16.6 Å². The number of hydrogen-bond acceptors (Lipinski definition) is 7. The van der Waals surface area contributed by atoms with Crippen LogP contribution in [0.3, 0.4) is 0 Å². The Morgan fingerprint density at radius 1 is 1.06 bits per heavy atom. The quantitative estimate of drug-likeness (QED) is 0.392. The summed E-state index contributed by atoms with van der Waals surface area (Å²) >= 11 is 0. The highest BCUT2D eigenvalue weighted by Gasteiger charge is 2.11. The first kappa shape index (κ1) is 21.4. The summed E-state index contributed by atoms with van der Waals surface area (Å²) < 4.78 is 39.3. The van der Waals surface area contributed by atoms with Gasteiger partial charge >= 0.3 is 0 Å². The molecule has 0 fully saturated rings. The van der Waals surface area contributed by atoms with Crippen molar-refractivity contribution in [3.8, 4) is 0 Å². The third kappa shape index (κ3) is 5.07. The second-order valence-corrected chi connectivity index (χ2v) is 8.57. The molecule has 0 aliphatic carbocycles. The molecule has 4 rings (SSSR count). The monoisotopic (exact) mass is 453 g/mol. The van der Waals surface area contributed by atoms with Gasteiger partial charge in [-0.15, -0.1) is 0 Å². The van der Waals surface area contributed by atoms with E-state index in [9.17, 15) is 12.8 Å². The number of halogens is 1. The maximum absolute atomic E-state index is 14.3. The Kier molecular flexibility index (Phi) is 5.84. The first-order chi connectivity index (χ1) is 15.3. The number of aromatic nitrogens is 4. The van der Waals surface area contributed by atoms with Gasteiger partial charge in [-0.1, -0.05) is 18.2 Å². The van der Waals surface area contributed by atoms with E-state index in [1.165, 1.54) is 18.2 Å². The third-order valence-corrected chi connectivity index (χ3v) is 5.57. The van der Waals surface area contributed by atoms with Crippen molar-refractivity contribution in [3.63, 3.8) is 0 Å². The Bertz CT molecular complexity index is 1350. The predicted molar refractivity (Wildman–Crippen MR) is 119 cm³/mol. The van der Waals surface area contributed by atoms with E-state index in [0.717, 1.165) is 17.6 Å². The van der Waals surface area contributed by atoms with Crippen molar-refractivity contribution in [1.82, 2.24) is 19.5 Å². The van der Waals surface area contributed by atoms with Crippen LogP contribution in [0.15, 0.2) is 72.0 Å². The lowest BCUT2D eigenvalue weighted by Gasteiger charge is -2.11. The van der Waals surface area contributed by atoms with Crippen LogP contribution in [0.5, 0.6) is 0 Å². The lowest BCUT2D eigenvalue weighted by molar-refractivity contribution is 0.598. The smallest absolute Gasteiger partial charge is 0.238 e. The summed E-state index contributed by atoms with van der Waals surface area (Å²) in [5, 5.41) is 10.9. The fraction of sp³-hybridized carbons (Fsp3) is 0.0952. The Morgan fingerprint density at radius 2 is 1.84 bits per heavy atom. The van der Waals surface area contributed by atoms with E-state index in [0.29, 0.717) is 17.9 Å². The number of imidazole rings is 1. The van der Waals surface area contributed by atoms with Crippen LogP contribution >= 0.6 is 0 Å². The summed E-state index contributed by atoms with van der Waals surface area (Å²) in [6.45, 7) is 2.62. The molecule has 4 aromatic rings. The number of nitrogens with zero attached hydrogens (tertiary/aromatic N) is 4. The zero-order valence-corrected chi connectivity index (χ0v) is 17.8. The van der Waals surface area contributed by atoms with Crippen LogP contribution in [0.4, 0.5) is 27.5 Å². The zero-order valence-electron chi connectivity index (χ0n) is 17.0. The van der Waals surface area contributed by atoms with E-state index in [2.05, 4.69) is 25.6 Å². The number of aryl methyl sites for hydroxylation is 1. The highest BCUT2D eigenvalue weighted by Crippen LogP contribution is 2.22. The minimum atomic E-state index is -3.85. The summed E-state index contributed by atoms with van der Waals surface area (Å²) in [6, 6.07) is 13.4. The summed E-state index contributed by atoms with van der Waals surface area (Å²) in [4.78, 5) is 12.2. The maximum Gasteiger partial charge on any atom is 0.238 e. The minimum absolute atomic E-state index is 0.0247.